The lowest BCUT2D eigenvalue weighted by Crippen LogP contribution is -2.33. The first kappa shape index (κ1) is 28.5. The molecule has 0 aliphatic heterocycles. The van der Waals surface area contributed by atoms with E-state index in [0.717, 1.165) is 11.6 Å². The van der Waals surface area contributed by atoms with Crippen molar-refractivity contribution in [2.75, 3.05) is 26.1 Å². The number of ether oxygens (including phenoxy) is 3. The number of aromatic nitrogens is 4. The minimum absolute atomic E-state index is 0.0150. The molecule has 2 atom stereocenters. The zero-order chi connectivity index (χ0) is 29.0. The smallest absolute Gasteiger partial charge is 0.243 e. The van der Waals surface area contributed by atoms with Crippen molar-refractivity contribution < 1.29 is 27.0 Å². The van der Waals surface area contributed by atoms with Gasteiger partial charge in [0.05, 0.1) is 25.9 Å². The van der Waals surface area contributed by atoms with Crippen molar-refractivity contribution in [3.05, 3.63) is 77.4 Å². The van der Waals surface area contributed by atoms with Crippen LogP contribution in [0.25, 0.3) is 17.1 Å². The van der Waals surface area contributed by atoms with Gasteiger partial charge in [0, 0.05) is 30.6 Å². The number of hydrogen-bond donors (Lipinski definition) is 1. The molecular weight excluding hydrogens is 539 g/mol. The highest BCUT2D eigenvalue weighted by Crippen LogP contribution is 2.38. The van der Waals surface area contributed by atoms with Crippen LogP contribution in [0.1, 0.15) is 29.7 Å². The first-order valence-electron chi connectivity index (χ1n) is 12.0. The van der Waals surface area contributed by atoms with E-state index >= 15 is 0 Å². The highest BCUT2D eigenvalue weighted by molar-refractivity contribution is 7.93. The summed E-state index contributed by atoms with van der Waals surface area (Å²) in [5.74, 6) is 0.0732. The molecule has 0 bridgehead atoms. The maximum absolute atomic E-state index is 14.8. The molecule has 4 aromatic rings. The second-order valence-corrected chi connectivity index (χ2v) is 10.8. The molecule has 0 unspecified atom stereocenters. The molecule has 0 radical (unpaired) electrons. The predicted octanol–water partition coefficient (Wildman–Crippen LogP) is 4.18. The van der Waals surface area contributed by atoms with Gasteiger partial charge in [-0.1, -0.05) is 12.1 Å². The fourth-order valence-electron chi connectivity index (χ4n) is 4.26. The van der Waals surface area contributed by atoms with Crippen LogP contribution in [0.5, 0.6) is 11.5 Å². The van der Waals surface area contributed by atoms with Crippen molar-refractivity contribution in [1.29, 1.82) is 5.26 Å². The molecule has 0 spiro atoms. The van der Waals surface area contributed by atoms with Gasteiger partial charge in [-0.3, -0.25) is 14.3 Å². The lowest BCUT2D eigenvalue weighted by molar-refractivity contribution is 0.0992. The third-order valence-electron chi connectivity index (χ3n) is 6.26. The largest absolute Gasteiger partial charge is 0.494 e. The monoisotopic (exact) mass is 566 g/mol. The van der Waals surface area contributed by atoms with E-state index in [1.165, 1.54) is 45.0 Å². The van der Waals surface area contributed by atoms with E-state index in [2.05, 4.69) is 19.9 Å². The molecule has 0 saturated carbocycles. The van der Waals surface area contributed by atoms with Crippen LogP contribution >= 0.6 is 0 Å². The Kier molecular flexibility index (Phi) is 8.32. The van der Waals surface area contributed by atoms with Crippen molar-refractivity contribution in [3.63, 3.8) is 0 Å². The number of aryl methyl sites for hydroxylation is 1. The summed E-state index contributed by atoms with van der Waals surface area (Å²) < 4.78 is 62.7. The topological polar surface area (TPSA) is 141 Å². The van der Waals surface area contributed by atoms with Crippen molar-refractivity contribution >= 4 is 16.0 Å². The molecule has 2 aromatic carbocycles. The molecule has 0 amide bonds. The van der Waals surface area contributed by atoms with Gasteiger partial charge in [-0.2, -0.15) is 5.26 Å². The van der Waals surface area contributed by atoms with E-state index in [9.17, 15) is 12.8 Å². The number of hydrogen-bond acceptors (Lipinski definition) is 9. The number of para-hydroxylation sites is 1. The van der Waals surface area contributed by atoms with Gasteiger partial charge < -0.3 is 14.2 Å². The summed E-state index contributed by atoms with van der Waals surface area (Å²) in [7, 11) is -0.0620. The number of pyridine rings is 1. The third-order valence-corrected chi connectivity index (χ3v) is 7.95. The second kappa shape index (κ2) is 11.7. The van der Waals surface area contributed by atoms with Gasteiger partial charge in [0.1, 0.15) is 34.4 Å². The van der Waals surface area contributed by atoms with Gasteiger partial charge in [0.2, 0.25) is 16.0 Å². The molecule has 1 N–H and O–H groups in total. The van der Waals surface area contributed by atoms with E-state index in [0.29, 0.717) is 22.7 Å². The molecule has 4 rings (SSSR count). The Hall–Kier alpha value is -4.54. The van der Waals surface area contributed by atoms with Crippen LogP contribution in [0.2, 0.25) is 0 Å². The first-order chi connectivity index (χ1) is 19.1. The quantitative estimate of drug-likeness (QED) is 0.299. The van der Waals surface area contributed by atoms with Crippen molar-refractivity contribution in [1.82, 2.24) is 19.7 Å². The fourth-order valence-corrected chi connectivity index (χ4v) is 5.42. The van der Waals surface area contributed by atoms with Crippen LogP contribution in [0.4, 0.5) is 10.3 Å². The van der Waals surface area contributed by atoms with Crippen molar-refractivity contribution in [2.24, 2.45) is 0 Å². The number of halogens is 1. The molecule has 0 saturated heterocycles. The lowest BCUT2D eigenvalue weighted by Gasteiger charge is -2.24. The van der Waals surface area contributed by atoms with E-state index in [-0.39, 0.29) is 22.9 Å². The van der Waals surface area contributed by atoms with Crippen LogP contribution in [0.3, 0.4) is 0 Å². The molecule has 0 fully saturated rings. The normalized spacial score (nSPS) is 12.8. The second-order valence-electron chi connectivity index (χ2n) is 8.80. The lowest BCUT2D eigenvalue weighted by atomic mass is 10.0. The summed E-state index contributed by atoms with van der Waals surface area (Å²) >= 11 is 0. The molecule has 13 heteroatoms. The van der Waals surface area contributed by atoms with Crippen molar-refractivity contribution in [2.45, 2.75) is 25.2 Å². The van der Waals surface area contributed by atoms with Crippen LogP contribution in [0, 0.1) is 24.1 Å². The van der Waals surface area contributed by atoms with Gasteiger partial charge in [-0.05, 0) is 49.7 Å². The van der Waals surface area contributed by atoms with Crippen LogP contribution in [-0.2, 0) is 14.8 Å². The molecule has 40 heavy (non-hydrogen) atoms. The minimum atomic E-state index is -4.28. The Labute approximate surface area is 231 Å². The average molecular weight is 567 g/mol. The zero-order valence-corrected chi connectivity index (χ0v) is 23.2. The highest BCUT2D eigenvalue weighted by atomic mass is 32.2. The van der Waals surface area contributed by atoms with Crippen molar-refractivity contribution in [3.8, 4) is 34.6 Å². The van der Waals surface area contributed by atoms with E-state index in [1.54, 1.807) is 30.6 Å². The zero-order valence-electron chi connectivity index (χ0n) is 22.4. The van der Waals surface area contributed by atoms with Crippen LogP contribution in [0.15, 0.2) is 54.9 Å². The summed E-state index contributed by atoms with van der Waals surface area (Å²) in [5, 5.41) is 16.2. The van der Waals surface area contributed by atoms with Crippen LogP contribution < -0.4 is 14.2 Å². The SMILES string of the molecule is COc1cccc(OC)c1-n1c(NS(=O)(=O)[C@@H](C)[C@@H](OC)c2ccc(C#N)cc2F)nnc1-c1cncc(C)c1. The number of nitrogens with zero attached hydrogens (tertiary/aromatic N) is 5. The average Bonchev–Trinajstić information content (AvgIpc) is 3.35. The highest BCUT2D eigenvalue weighted by Gasteiger charge is 2.35. The van der Waals surface area contributed by atoms with Crippen LogP contribution in [-0.4, -0.2) is 54.7 Å². The number of rotatable bonds is 10. The molecule has 2 heterocycles. The molecular formula is C27H27FN6O5S. The fraction of sp³-hybridized carbons (Fsp3) is 0.259. The maximum Gasteiger partial charge on any atom is 0.243 e. The summed E-state index contributed by atoms with van der Waals surface area (Å²) in [6.07, 6.45) is 2.04. The van der Waals surface area contributed by atoms with Gasteiger partial charge >= 0.3 is 0 Å². The molecule has 0 aliphatic rings. The first-order valence-corrected chi connectivity index (χ1v) is 13.5. The minimum Gasteiger partial charge on any atom is -0.494 e. The summed E-state index contributed by atoms with van der Waals surface area (Å²) in [4.78, 5) is 4.23. The third kappa shape index (κ3) is 5.45. The standard InChI is InChI=1S/C27H27FN6O5S/c1-16-11-19(15-30-14-16)26-31-32-27(34(26)24-22(37-3)7-6-8-23(24)38-4)33-40(35,36)17(2)25(39-5)20-10-9-18(13-29)12-21(20)28/h6-12,14-15,17,25H,1-5H3,(H,32,33)/t17-,25+/m0/s1. The van der Waals surface area contributed by atoms with E-state index in [4.69, 9.17) is 19.5 Å². The Morgan fingerprint density at radius 3 is 2.33 bits per heavy atom. The predicted molar refractivity (Wildman–Crippen MR) is 145 cm³/mol. The van der Waals surface area contributed by atoms with E-state index < -0.39 is 27.2 Å². The molecule has 208 valence electrons. The number of anilines is 1. The number of nitrogens with one attached hydrogen (secondary N) is 1. The Morgan fingerprint density at radius 1 is 1.05 bits per heavy atom. The Morgan fingerprint density at radius 2 is 1.75 bits per heavy atom. The van der Waals surface area contributed by atoms with Gasteiger partial charge in [0.25, 0.3) is 0 Å². The maximum atomic E-state index is 14.8. The van der Waals surface area contributed by atoms with Gasteiger partial charge in [-0.15, -0.1) is 10.2 Å². The summed E-state index contributed by atoms with van der Waals surface area (Å²) in [5.41, 5.74) is 1.84. The van der Waals surface area contributed by atoms with E-state index in [1.807, 2.05) is 19.1 Å². The Balaban J connectivity index is 1.84. The number of sulfonamides is 1. The molecule has 11 nitrogen and oxygen atoms in total. The number of benzene rings is 2. The molecule has 2 aromatic heterocycles. The van der Waals surface area contributed by atoms with Gasteiger partial charge in [-0.25, -0.2) is 12.8 Å². The Bertz CT molecular complexity index is 1660. The summed E-state index contributed by atoms with van der Waals surface area (Å²) in [6.45, 7) is 3.24. The molecule has 0 aliphatic carbocycles. The van der Waals surface area contributed by atoms with Gasteiger partial charge in [0.15, 0.2) is 5.82 Å². The summed E-state index contributed by atoms with van der Waals surface area (Å²) in [6, 6.07) is 12.5. The number of methoxy groups -OCH3 is 3. The number of nitriles is 1.